The highest BCUT2D eigenvalue weighted by molar-refractivity contribution is 5.93. The van der Waals surface area contributed by atoms with Crippen molar-refractivity contribution in [3.63, 3.8) is 0 Å². The fraction of sp³-hybridized carbons (Fsp3) is 0.526. The van der Waals surface area contributed by atoms with Crippen molar-refractivity contribution in [1.29, 1.82) is 0 Å². The Morgan fingerprint density at radius 1 is 1.19 bits per heavy atom. The fourth-order valence-corrected chi connectivity index (χ4v) is 3.96. The third-order valence-electron chi connectivity index (χ3n) is 5.35. The number of aromatic nitrogens is 4. The first kappa shape index (κ1) is 17.6. The van der Waals surface area contributed by atoms with Crippen LogP contribution in [0.2, 0.25) is 0 Å². The van der Waals surface area contributed by atoms with Crippen molar-refractivity contribution in [2.24, 2.45) is 0 Å². The first-order valence-corrected chi connectivity index (χ1v) is 9.54. The molecule has 1 atom stereocenters. The number of hydrogen-bond acceptors (Lipinski definition) is 6. The van der Waals surface area contributed by atoms with E-state index in [0.29, 0.717) is 13.1 Å². The van der Waals surface area contributed by atoms with Crippen LogP contribution in [0.4, 0.5) is 5.82 Å². The quantitative estimate of drug-likeness (QED) is 0.882. The molecule has 2 saturated heterocycles. The summed E-state index contributed by atoms with van der Waals surface area (Å²) in [6, 6.07) is 2.08. The predicted octanol–water partition coefficient (Wildman–Crippen LogP) is 1.49. The zero-order valence-electron chi connectivity index (χ0n) is 15.5. The van der Waals surface area contributed by atoms with Crippen molar-refractivity contribution in [2.75, 3.05) is 31.1 Å². The normalized spacial score (nSPS) is 20.1. The lowest BCUT2D eigenvalue weighted by molar-refractivity contribution is 0.0703. The lowest BCUT2D eigenvalue weighted by atomic mass is 9.94. The van der Waals surface area contributed by atoms with E-state index in [1.807, 2.05) is 6.92 Å². The molecule has 0 unspecified atom stereocenters. The lowest BCUT2D eigenvalue weighted by Crippen LogP contribution is -2.41. The minimum atomic E-state index is -0.397. The molecule has 4 heterocycles. The zero-order chi connectivity index (χ0) is 18.8. The second-order valence-electron chi connectivity index (χ2n) is 7.28. The van der Waals surface area contributed by atoms with Gasteiger partial charge in [-0.3, -0.25) is 9.59 Å². The fourth-order valence-electron chi connectivity index (χ4n) is 3.96. The maximum atomic E-state index is 12.8. The van der Waals surface area contributed by atoms with Crippen LogP contribution < -0.4 is 10.5 Å². The number of carbonyl (C=O) groups excluding carboxylic acids is 1. The Morgan fingerprint density at radius 3 is 2.78 bits per heavy atom. The molecule has 0 bridgehead atoms. The van der Waals surface area contributed by atoms with Gasteiger partial charge in [-0.15, -0.1) is 0 Å². The molecule has 0 spiro atoms. The Bertz CT molecular complexity index is 890. The molecule has 0 aromatic carbocycles. The first-order chi connectivity index (χ1) is 13.1. The number of likely N-dealkylation sites (tertiary alicyclic amines) is 1. The van der Waals surface area contributed by atoms with E-state index in [0.717, 1.165) is 43.3 Å². The number of aryl methyl sites for hydroxylation is 1. The monoisotopic (exact) mass is 368 g/mol. The van der Waals surface area contributed by atoms with E-state index in [1.54, 1.807) is 4.90 Å². The van der Waals surface area contributed by atoms with Gasteiger partial charge < -0.3 is 14.8 Å². The molecule has 2 aliphatic heterocycles. The summed E-state index contributed by atoms with van der Waals surface area (Å²) in [5, 5.41) is 0. The number of nitrogens with zero attached hydrogens (tertiary/aromatic N) is 5. The Hall–Kier alpha value is -2.77. The van der Waals surface area contributed by atoms with Crippen molar-refractivity contribution in [2.45, 2.75) is 38.5 Å². The number of hydrogen-bond donors (Lipinski definition) is 1. The van der Waals surface area contributed by atoms with E-state index in [2.05, 4.69) is 30.9 Å². The lowest BCUT2D eigenvalue weighted by Gasteiger charge is -2.32. The topological polar surface area (TPSA) is 95.1 Å². The number of anilines is 1. The number of carbonyl (C=O) groups is 1. The molecule has 27 heavy (non-hydrogen) atoms. The van der Waals surface area contributed by atoms with Crippen molar-refractivity contribution >= 4 is 11.7 Å². The van der Waals surface area contributed by atoms with E-state index in [9.17, 15) is 9.59 Å². The third-order valence-corrected chi connectivity index (χ3v) is 5.35. The average molecular weight is 368 g/mol. The summed E-state index contributed by atoms with van der Waals surface area (Å²) in [7, 11) is 0. The van der Waals surface area contributed by atoms with Gasteiger partial charge in [0.25, 0.3) is 11.5 Å². The van der Waals surface area contributed by atoms with Crippen LogP contribution in [0.15, 0.2) is 23.4 Å². The van der Waals surface area contributed by atoms with Gasteiger partial charge in [-0.2, -0.15) is 0 Å². The van der Waals surface area contributed by atoms with E-state index in [4.69, 9.17) is 0 Å². The summed E-state index contributed by atoms with van der Waals surface area (Å²) in [6.07, 6.45) is 6.89. The molecule has 0 aliphatic carbocycles. The third kappa shape index (κ3) is 3.70. The van der Waals surface area contributed by atoms with Gasteiger partial charge in [-0.1, -0.05) is 0 Å². The number of H-pyrrole nitrogens is 1. The van der Waals surface area contributed by atoms with Crippen LogP contribution in [-0.4, -0.2) is 56.9 Å². The van der Waals surface area contributed by atoms with E-state index in [1.165, 1.54) is 25.4 Å². The summed E-state index contributed by atoms with van der Waals surface area (Å²) in [4.78, 5) is 44.3. The van der Waals surface area contributed by atoms with Gasteiger partial charge in [0.15, 0.2) is 0 Å². The maximum absolute atomic E-state index is 12.8. The summed E-state index contributed by atoms with van der Waals surface area (Å²) >= 11 is 0. The largest absolute Gasteiger partial charge is 0.357 e. The van der Waals surface area contributed by atoms with Gasteiger partial charge in [0, 0.05) is 44.4 Å². The summed E-state index contributed by atoms with van der Waals surface area (Å²) in [6.45, 7) is 5.20. The van der Waals surface area contributed by atoms with Crippen LogP contribution in [0.1, 0.15) is 53.5 Å². The highest BCUT2D eigenvalue weighted by Crippen LogP contribution is 2.29. The van der Waals surface area contributed by atoms with Crippen LogP contribution in [0.5, 0.6) is 0 Å². The smallest absolute Gasteiger partial charge is 0.263 e. The minimum absolute atomic E-state index is 0.0924. The molecule has 2 aliphatic rings. The van der Waals surface area contributed by atoms with Crippen molar-refractivity contribution in [1.82, 2.24) is 24.8 Å². The molecule has 1 amide bonds. The zero-order valence-corrected chi connectivity index (χ0v) is 15.5. The van der Waals surface area contributed by atoms with Crippen LogP contribution in [0.3, 0.4) is 0 Å². The molecule has 0 radical (unpaired) electrons. The molecule has 0 saturated carbocycles. The first-order valence-electron chi connectivity index (χ1n) is 9.54. The number of rotatable bonds is 3. The molecule has 8 heteroatoms. The molecule has 2 fully saturated rings. The number of amides is 1. The molecular formula is C19H24N6O2. The van der Waals surface area contributed by atoms with Crippen molar-refractivity contribution in [3.05, 3.63) is 46.0 Å². The Labute approximate surface area is 157 Å². The van der Waals surface area contributed by atoms with Gasteiger partial charge in [-0.25, -0.2) is 15.0 Å². The highest BCUT2D eigenvalue weighted by atomic mass is 16.2. The van der Waals surface area contributed by atoms with Crippen LogP contribution in [-0.2, 0) is 0 Å². The summed E-state index contributed by atoms with van der Waals surface area (Å²) in [5.41, 5.74) is 0.683. The predicted molar refractivity (Wildman–Crippen MR) is 101 cm³/mol. The average Bonchev–Trinajstić information content (AvgIpc) is 3.22. The molecular weight excluding hydrogens is 344 g/mol. The van der Waals surface area contributed by atoms with Gasteiger partial charge in [0.05, 0.1) is 12.0 Å². The molecule has 4 rings (SSSR count). The second-order valence-corrected chi connectivity index (χ2v) is 7.28. The number of aromatic amines is 1. The molecule has 2 aromatic heterocycles. The molecule has 142 valence electrons. The Balaban J connectivity index is 1.55. The molecule has 2 aromatic rings. The number of piperidine rings is 1. The Morgan fingerprint density at radius 2 is 2.00 bits per heavy atom. The van der Waals surface area contributed by atoms with E-state index < -0.39 is 5.56 Å². The summed E-state index contributed by atoms with van der Waals surface area (Å²) < 4.78 is 0. The minimum Gasteiger partial charge on any atom is -0.357 e. The van der Waals surface area contributed by atoms with Gasteiger partial charge in [0.1, 0.15) is 17.2 Å². The van der Waals surface area contributed by atoms with Crippen LogP contribution in [0, 0.1) is 6.92 Å². The van der Waals surface area contributed by atoms with Gasteiger partial charge in [-0.05, 0) is 32.6 Å². The van der Waals surface area contributed by atoms with Crippen LogP contribution in [0.25, 0.3) is 0 Å². The standard InChI is InChI=1S/C19H24N6O2/c1-13-22-16(9-17(23-13)24-6-2-3-7-24)14-5-4-8-25(11-14)19(27)15-10-20-12-21-18(15)26/h9-10,12,14H,2-8,11H2,1H3,(H,20,21,26)/t14-/m0/s1. The SMILES string of the molecule is Cc1nc([C@H]2CCCN(C(=O)c3cnc[nH]c3=O)C2)cc(N2CCCC2)n1. The van der Waals surface area contributed by atoms with Crippen molar-refractivity contribution in [3.8, 4) is 0 Å². The molecule has 1 N–H and O–H groups in total. The van der Waals surface area contributed by atoms with Crippen molar-refractivity contribution < 1.29 is 4.79 Å². The van der Waals surface area contributed by atoms with Gasteiger partial charge >= 0.3 is 0 Å². The highest BCUT2D eigenvalue weighted by Gasteiger charge is 2.28. The summed E-state index contributed by atoms with van der Waals surface area (Å²) in [5.74, 6) is 1.64. The Kier molecular flexibility index (Phi) is 4.87. The second kappa shape index (κ2) is 7.46. The maximum Gasteiger partial charge on any atom is 0.263 e. The van der Waals surface area contributed by atoms with Crippen LogP contribution >= 0.6 is 0 Å². The van der Waals surface area contributed by atoms with E-state index >= 15 is 0 Å². The van der Waals surface area contributed by atoms with E-state index in [-0.39, 0.29) is 17.4 Å². The number of nitrogens with one attached hydrogen (secondary N) is 1. The molecule has 8 nitrogen and oxygen atoms in total. The van der Waals surface area contributed by atoms with Gasteiger partial charge in [0.2, 0.25) is 0 Å².